The van der Waals surface area contributed by atoms with Crippen LogP contribution in [-0.4, -0.2) is 79.7 Å². The van der Waals surface area contributed by atoms with E-state index in [2.05, 4.69) is 35.3 Å². The lowest BCUT2D eigenvalue weighted by atomic mass is 10.2. The summed E-state index contributed by atoms with van der Waals surface area (Å²) in [6.45, 7) is 5.31. The van der Waals surface area contributed by atoms with E-state index in [1.54, 1.807) is 36.5 Å². The van der Waals surface area contributed by atoms with Crippen LogP contribution in [0.2, 0.25) is 10.0 Å². The highest BCUT2D eigenvalue weighted by Gasteiger charge is 2.20. The summed E-state index contributed by atoms with van der Waals surface area (Å²) in [5.41, 5.74) is 3.92. The SMILES string of the molecule is O=C(Oc1ccc(C=NNc2nc(N3CCOCC3)nc(N3CCOCC3)n2)cc1)c1ccc(Cl)cc1Cl. The van der Waals surface area contributed by atoms with Crippen LogP contribution in [0, 0.1) is 0 Å². The minimum Gasteiger partial charge on any atom is -0.423 e. The second-order valence-corrected chi connectivity index (χ2v) is 9.25. The van der Waals surface area contributed by atoms with Gasteiger partial charge in [-0.25, -0.2) is 10.2 Å². The smallest absolute Gasteiger partial charge is 0.345 e. The molecule has 0 unspecified atom stereocenters. The number of hydrogen-bond acceptors (Lipinski definition) is 11. The first-order valence-electron chi connectivity index (χ1n) is 12.0. The Hall–Kier alpha value is -3.51. The number of halogens is 2. The maximum absolute atomic E-state index is 12.4. The van der Waals surface area contributed by atoms with Crippen molar-refractivity contribution in [2.24, 2.45) is 5.10 Å². The van der Waals surface area contributed by atoms with E-state index in [0.717, 1.165) is 5.56 Å². The molecular weight excluding hydrogens is 533 g/mol. The summed E-state index contributed by atoms with van der Waals surface area (Å²) in [6.07, 6.45) is 1.62. The maximum atomic E-state index is 12.4. The molecule has 2 fully saturated rings. The lowest BCUT2D eigenvalue weighted by Gasteiger charge is -2.30. The molecule has 2 aromatic carbocycles. The Morgan fingerprint density at radius 1 is 0.895 bits per heavy atom. The summed E-state index contributed by atoms with van der Waals surface area (Å²) in [6, 6.07) is 11.5. The third-order valence-electron chi connectivity index (χ3n) is 5.82. The van der Waals surface area contributed by atoms with Gasteiger partial charge in [-0.05, 0) is 48.0 Å². The van der Waals surface area contributed by atoms with E-state index in [4.69, 9.17) is 37.4 Å². The van der Waals surface area contributed by atoms with Gasteiger partial charge in [-0.1, -0.05) is 23.2 Å². The number of nitrogens with zero attached hydrogens (tertiary/aromatic N) is 6. The third kappa shape index (κ3) is 6.67. The zero-order chi connectivity index (χ0) is 26.3. The molecule has 13 heteroatoms. The molecule has 2 saturated heterocycles. The molecule has 2 aliphatic rings. The standard InChI is InChI=1S/C25H25Cl2N7O4/c26-18-3-6-20(21(27)15-18)22(35)38-19-4-1-17(2-5-19)16-28-32-23-29-24(33-7-11-36-12-8-33)31-25(30-23)34-9-13-37-14-10-34/h1-6,15-16H,7-14H2,(H,29,30,31,32). The zero-order valence-electron chi connectivity index (χ0n) is 20.3. The summed E-state index contributed by atoms with van der Waals surface area (Å²) >= 11 is 12.0. The van der Waals surface area contributed by atoms with E-state index in [0.29, 0.717) is 81.2 Å². The molecule has 38 heavy (non-hydrogen) atoms. The lowest BCUT2D eigenvalue weighted by Crippen LogP contribution is -2.40. The third-order valence-corrected chi connectivity index (χ3v) is 6.37. The summed E-state index contributed by atoms with van der Waals surface area (Å²) in [5, 5.41) is 4.96. The highest BCUT2D eigenvalue weighted by atomic mass is 35.5. The molecule has 198 valence electrons. The van der Waals surface area contributed by atoms with Crippen LogP contribution in [-0.2, 0) is 9.47 Å². The average Bonchev–Trinajstić information content (AvgIpc) is 2.95. The van der Waals surface area contributed by atoms with Crippen LogP contribution in [0.3, 0.4) is 0 Å². The number of hydrogen-bond donors (Lipinski definition) is 1. The Labute approximate surface area is 229 Å². The maximum Gasteiger partial charge on any atom is 0.345 e. The molecule has 0 saturated carbocycles. The number of esters is 1. The van der Waals surface area contributed by atoms with E-state index in [1.807, 2.05) is 0 Å². The van der Waals surface area contributed by atoms with Crippen LogP contribution in [0.1, 0.15) is 15.9 Å². The van der Waals surface area contributed by atoms with Crippen molar-refractivity contribution in [2.45, 2.75) is 0 Å². The van der Waals surface area contributed by atoms with Gasteiger partial charge in [-0.2, -0.15) is 20.1 Å². The topological polar surface area (TPSA) is 114 Å². The van der Waals surface area contributed by atoms with Crippen LogP contribution >= 0.6 is 23.2 Å². The van der Waals surface area contributed by atoms with Crippen molar-refractivity contribution < 1.29 is 19.0 Å². The normalized spacial score (nSPS) is 16.1. The molecule has 3 heterocycles. The predicted molar refractivity (Wildman–Crippen MR) is 145 cm³/mol. The molecule has 0 amide bonds. The Morgan fingerprint density at radius 3 is 2.08 bits per heavy atom. The van der Waals surface area contributed by atoms with Crippen molar-refractivity contribution in [3.63, 3.8) is 0 Å². The highest BCUT2D eigenvalue weighted by molar-refractivity contribution is 6.36. The van der Waals surface area contributed by atoms with Crippen LogP contribution in [0.5, 0.6) is 5.75 Å². The van der Waals surface area contributed by atoms with Crippen molar-refractivity contribution in [1.82, 2.24) is 15.0 Å². The quantitative estimate of drug-likeness (QED) is 0.200. The molecule has 0 atom stereocenters. The van der Waals surface area contributed by atoms with Crippen LogP contribution < -0.4 is 20.0 Å². The number of anilines is 3. The van der Waals surface area contributed by atoms with E-state index >= 15 is 0 Å². The summed E-state index contributed by atoms with van der Waals surface area (Å²) in [4.78, 5) is 30.4. The average molecular weight is 558 g/mol. The molecule has 11 nitrogen and oxygen atoms in total. The molecule has 1 N–H and O–H groups in total. The molecule has 0 radical (unpaired) electrons. The number of nitrogens with one attached hydrogen (secondary N) is 1. The van der Waals surface area contributed by atoms with Gasteiger partial charge >= 0.3 is 5.97 Å². The summed E-state index contributed by atoms with van der Waals surface area (Å²) in [7, 11) is 0. The molecule has 0 bridgehead atoms. The van der Waals surface area contributed by atoms with Gasteiger partial charge in [0, 0.05) is 31.2 Å². The molecule has 0 aliphatic carbocycles. The van der Waals surface area contributed by atoms with Gasteiger partial charge < -0.3 is 24.0 Å². The molecule has 3 aromatic rings. The van der Waals surface area contributed by atoms with Gasteiger partial charge in [0.15, 0.2) is 0 Å². The van der Waals surface area contributed by atoms with E-state index in [-0.39, 0.29) is 10.6 Å². The van der Waals surface area contributed by atoms with E-state index in [9.17, 15) is 4.79 Å². The monoisotopic (exact) mass is 557 g/mol. The molecule has 2 aliphatic heterocycles. The van der Waals surface area contributed by atoms with Crippen molar-refractivity contribution in [3.8, 4) is 5.75 Å². The number of benzene rings is 2. The first-order valence-corrected chi connectivity index (χ1v) is 12.8. The zero-order valence-corrected chi connectivity index (χ0v) is 21.9. The Bertz CT molecular complexity index is 1260. The number of morpholine rings is 2. The Balaban J connectivity index is 1.25. The fourth-order valence-electron chi connectivity index (χ4n) is 3.82. The molecule has 1 aromatic heterocycles. The number of carbonyl (C=O) groups excluding carboxylic acids is 1. The van der Waals surface area contributed by atoms with Gasteiger partial charge in [0.1, 0.15) is 5.75 Å². The second-order valence-electron chi connectivity index (χ2n) is 8.41. The van der Waals surface area contributed by atoms with Crippen LogP contribution in [0.4, 0.5) is 17.8 Å². The first kappa shape index (κ1) is 26.1. The number of rotatable bonds is 7. The predicted octanol–water partition coefficient (Wildman–Crippen LogP) is 3.52. The molecular formula is C25H25Cl2N7O4. The highest BCUT2D eigenvalue weighted by Crippen LogP contribution is 2.23. The second kappa shape index (κ2) is 12.4. The summed E-state index contributed by atoms with van der Waals surface area (Å²) in [5.74, 6) is 1.29. The minimum atomic E-state index is -0.572. The fraction of sp³-hybridized carbons (Fsp3) is 0.320. The van der Waals surface area contributed by atoms with Crippen molar-refractivity contribution in [1.29, 1.82) is 0 Å². The van der Waals surface area contributed by atoms with Crippen molar-refractivity contribution in [3.05, 3.63) is 63.6 Å². The van der Waals surface area contributed by atoms with Crippen molar-refractivity contribution >= 4 is 53.2 Å². The van der Waals surface area contributed by atoms with Crippen molar-refractivity contribution in [2.75, 3.05) is 67.8 Å². The molecule has 0 spiro atoms. The Morgan fingerprint density at radius 2 is 1.50 bits per heavy atom. The van der Waals surface area contributed by atoms with Gasteiger partial charge in [0.05, 0.1) is 43.2 Å². The fourth-order valence-corrected chi connectivity index (χ4v) is 4.30. The molecule has 5 rings (SSSR count). The van der Waals surface area contributed by atoms with E-state index in [1.165, 1.54) is 12.1 Å². The Kier molecular flexibility index (Phi) is 8.49. The number of carbonyl (C=O) groups is 1. The van der Waals surface area contributed by atoms with Crippen LogP contribution in [0.15, 0.2) is 47.6 Å². The van der Waals surface area contributed by atoms with Crippen LogP contribution in [0.25, 0.3) is 0 Å². The van der Waals surface area contributed by atoms with Gasteiger partial charge in [0.25, 0.3) is 0 Å². The van der Waals surface area contributed by atoms with Gasteiger partial charge in [-0.15, -0.1) is 0 Å². The first-order chi connectivity index (χ1) is 18.5. The van der Waals surface area contributed by atoms with E-state index < -0.39 is 5.97 Å². The van der Waals surface area contributed by atoms with Gasteiger partial charge in [-0.3, -0.25) is 0 Å². The lowest BCUT2D eigenvalue weighted by molar-refractivity contribution is 0.0735. The minimum absolute atomic E-state index is 0.226. The van der Waals surface area contributed by atoms with Gasteiger partial charge in [0.2, 0.25) is 17.8 Å². The number of ether oxygens (including phenoxy) is 3. The largest absolute Gasteiger partial charge is 0.423 e. The summed E-state index contributed by atoms with van der Waals surface area (Å²) < 4.78 is 16.3. The number of aromatic nitrogens is 3. The number of hydrazone groups is 1.